The van der Waals surface area contributed by atoms with Gasteiger partial charge in [-0.3, -0.25) is 4.79 Å². The van der Waals surface area contributed by atoms with Crippen molar-refractivity contribution >= 4 is 5.78 Å². The van der Waals surface area contributed by atoms with E-state index in [0.717, 1.165) is 0 Å². The van der Waals surface area contributed by atoms with E-state index in [1.54, 1.807) is 36.3 Å². The number of aryl methyl sites for hydroxylation is 1. The van der Waals surface area contributed by atoms with E-state index < -0.39 is 5.92 Å². The normalized spacial score (nSPS) is 11.8. The number of hydrogen-bond donors (Lipinski definition) is 0. The summed E-state index contributed by atoms with van der Waals surface area (Å²) in [5.74, 6) is -1.05. The van der Waals surface area contributed by atoms with Crippen LogP contribution in [0.4, 0.5) is 0 Å². The van der Waals surface area contributed by atoms with Crippen LogP contribution in [0.1, 0.15) is 22.0 Å². The summed E-state index contributed by atoms with van der Waals surface area (Å²) in [5.41, 5.74) is 1.02. The lowest BCUT2D eigenvalue weighted by Gasteiger charge is -2.05. The molecule has 1 atom stereocenters. The number of ketones is 1. The van der Waals surface area contributed by atoms with Gasteiger partial charge in [0.05, 0.1) is 12.4 Å². The van der Waals surface area contributed by atoms with E-state index in [9.17, 15) is 4.79 Å². The van der Waals surface area contributed by atoms with Gasteiger partial charge in [-0.2, -0.15) is 5.26 Å². The fourth-order valence-corrected chi connectivity index (χ4v) is 1.62. The van der Waals surface area contributed by atoms with E-state index in [0.29, 0.717) is 11.3 Å². The quantitative estimate of drug-likeness (QED) is 0.750. The number of nitriles is 1. The molecule has 0 amide bonds. The van der Waals surface area contributed by atoms with Crippen LogP contribution in [0.3, 0.4) is 0 Å². The van der Waals surface area contributed by atoms with Crippen LogP contribution in [0.2, 0.25) is 0 Å². The molecule has 0 aliphatic heterocycles. The molecule has 0 spiro atoms. The summed E-state index contributed by atoms with van der Waals surface area (Å²) in [5, 5.41) is 9.11. The van der Waals surface area contributed by atoms with Crippen LogP contribution >= 0.6 is 0 Å². The average molecular weight is 225 g/mol. The Morgan fingerprint density at radius 3 is 2.65 bits per heavy atom. The van der Waals surface area contributed by atoms with E-state index in [2.05, 4.69) is 4.98 Å². The number of benzene rings is 1. The summed E-state index contributed by atoms with van der Waals surface area (Å²) in [6, 6.07) is 11.0. The van der Waals surface area contributed by atoms with Crippen LogP contribution in [0, 0.1) is 11.3 Å². The molecular formula is C13H11N3O. The molecule has 17 heavy (non-hydrogen) atoms. The molecule has 1 aromatic carbocycles. The first-order chi connectivity index (χ1) is 8.22. The summed E-state index contributed by atoms with van der Waals surface area (Å²) in [6.07, 6.45) is 3.17. The Labute approximate surface area is 99.1 Å². The fourth-order valence-electron chi connectivity index (χ4n) is 1.62. The summed E-state index contributed by atoms with van der Waals surface area (Å²) < 4.78 is 1.69. The van der Waals surface area contributed by atoms with Crippen LogP contribution in [-0.2, 0) is 7.05 Å². The highest BCUT2D eigenvalue weighted by Gasteiger charge is 2.23. The van der Waals surface area contributed by atoms with Crippen LogP contribution in [0.15, 0.2) is 42.9 Å². The van der Waals surface area contributed by atoms with Crippen molar-refractivity contribution in [1.82, 2.24) is 9.55 Å². The van der Waals surface area contributed by atoms with Crippen molar-refractivity contribution in [2.45, 2.75) is 5.92 Å². The summed E-state index contributed by atoms with van der Waals surface area (Å²) >= 11 is 0. The predicted molar refractivity (Wildman–Crippen MR) is 62.3 cm³/mol. The summed E-state index contributed by atoms with van der Waals surface area (Å²) in [6.45, 7) is 0. The zero-order valence-electron chi connectivity index (χ0n) is 9.37. The van der Waals surface area contributed by atoms with E-state index in [1.165, 1.54) is 0 Å². The van der Waals surface area contributed by atoms with E-state index in [-0.39, 0.29) is 5.78 Å². The SMILES string of the molecule is Cn1cnc(C(=O)C(C#N)c2ccccc2)c1. The largest absolute Gasteiger partial charge is 0.340 e. The minimum Gasteiger partial charge on any atom is -0.340 e. The zero-order chi connectivity index (χ0) is 12.3. The highest BCUT2D eigenvalue weighted by molar-refractivity contribution is 6.01. The van der Waals surface area contributed by atoms with Gasteiger partial charge in [0.15, 0.2) is 0 Å². The maximum atomic E-state index is 12.1. The second-order valence-corrected chi connectivity index (χ2v) is 3.76. The van der Waals surface area contributed by atoms with E-state index >= 15 is 0 Å². The Morgan fingerprint density at radius 2 is 2.12 bits per heavy atom. The van der Waals surface area contributed by atoms with Crippen molar-refractivity contribution in [3.63, 3.8) is 0 Å². The number of carbonyl (C=O) groups is 1. The lowest BCUT2D eigenvalue weighted by Crippen LogP contribution is -2.11. The van der Waals surface area contributed by atoms with E-state index in [1.807, 2.05) is 24.3 Å². The summed E-state index contributed by atoms with van der Waals surface area (Å²) in [7, 11) is 1.79. The van der Waals surface area contributed by atoms with E-state index in [4.69, 9.17) is 5.26 Å². The molecular weight excluding hydrogens is 214 g/mol. The molecule has 4 heteroatoms. The Balaban J connectivity index is 2.32. The highest BCUT2D eigenvalue weighted by Crippen LogP contribution is 2.19. The van der Waals surface area contributed by atoms with Gasteiger partial charge < -0.3 is 4.57 Å². The second-order valence-electron chi connectivity index (χ2n) is 3.76. The predicted octanol–water partition coefficient (Wildman–Crippen LogP) is 1.91. The molecule has 0 aliphatic carbocycles. The molecule has 0 fully saturated rings. The number of imidazole rings is 1. The molecule has 1 unspecified atom stereocenters. The molecule has 0 saturated heterocycles. The van der Waals surface area contributed by atoms with Gasteiger partial charge in [0, 0.05) is 13.2 Å². The lowest BCUT2D eigenvalue weighted by atomic mass is 9.95. The van der Waals surface area contributed by atoms with Crippen molar-refractivity contribution in [1.29, 1.82) is 5.26 Å². The number of nitrogens with zero attached hydrogens (tertiary/aromatic N) is 3. The van der Waals surface area contributed by atoms with Gasteiger partial charge in [-0.15, -0.1) is 0 Å². The zero-order valence-corrected chi connectivity index (χ0v) is 9.37. The number of aromatic nitrogens is 2. The fraction of sp³-hybridized carbons (Fsp3) is 0.154. The maximum Gasteiger partial charge on any atom is 0.204 e. The van der Waals surface area contributed by atoms with Gasteiger partial charge in [0.1, 0.15) is 11.6 Å². The smallest absolute Gasteiger partial charge is 0.204 e. The first-order valence-corrected chi connectivity index (χ1v) is 5.19. The second kappa shape index (κ2) is 4.62. The van der Waals surface area contributed by atoms with Gasteiger partial charge in [0.25, 0.3) is 0 Å². The minimum absolute atomic E-state index is 0.265. The molecule has 0 N–H and O–H groups in total. The number of rotatable bonds is 3. The third kappa shape index (κ3) is 2.23. The molecule has 0 aliphatic rings. The summed E-state index contributed by atoms with van der Waals surface area (Å²) in [4.78, 5) is 16.1. The Hall–Kier alpha value is -2.41. The van der Waals surface area contributed by atoms with Crippen LogP contribution < -0.4 is 0 Å². The number of carbonyl (C=O) groups excluding carboxylic acids is 1. The third-order valence-corrected chi connectivity index (χ3v) is 2.48. The Morgan fingerprint density at radius 1 is 1.41 bits per heavy atom. The van der Waals surface area contributed by atoms with Gasteiger partial charge >= 0.3 is 0 Å². The van der Waals surface area contributed by atoms with Gasteiger partial charge in [0.2, 0.25) is 5.78 Å². The molecule has 1 aromatic heterocycles. The molecule has 84 valence electrons. The molecule has 4 nitrogen and oxygen atoms in total. The first kappa shape index (κ1) is 11.1. The van der Waals surface area contributed by atoms with Crippen LogP contribution in [-0.4, -0.2) is 15.3 Å². The lowest BCUT2D eigenvalue weighted by molar-refractivity contribution is 0.0974. The molecule has 2 rings (SSSR count). The maximum absolute atomic E-state index is 12.1. The monoisotopic (exact) mass is 225 g/mol. The minimum atomic E-state index is -0.786. The number of Topliss-reactive ketones (excluding diaryl/α,β-unsaturated/α-hetero) is 1. The molecule has 0 saturated carbocycles. The molecule has 1 heterocycles. The molecule has 0 bridgehead atoms. The van der Waals surface area contributed by atoms with Crippen molar-refractivity contribution in [2.24, 2.45) is 7.05 Å². The van der Waals surface area contributed by atoms with Crippen molar-refractivity contribution < 1.29 is 4.79 Å². The van der Waals surface area contributed by atoms with Crippen molar-refractivity contribution in [3.05, 3.63) is 54.1 Å². The third-order valence-electron chi connectivity index (χ3n) is 2.48. The van der Waals surface area contributed by atoms with Crippen molar-refractivity contribution in [3.8, 4) is 6.07 Å². The topological polar surface area (TPSA) is 58.7 Å². The Bertz CT molecular complexity index is 566. The van der Waals surface area contributed by atoms with Crippen molar-refractivity contribution in [2.75, 3.05) is 0 Å². The highest BCUT2D eigenvalue weighted by atomic mass is 16.1. The number of hydrogen-bond acceptors (Lipinski definition) is 3. The first-order valence-electron chi connectivity index (χ1n) is 5.19. The van der Waals surface area contributed by atoms with Gasteiger partial charge in [-0.05, 0) is 5.56 Å². The molecule has 0 radical (unpaired) electrons. The molecule has 2 aromatic rings. The van der Waals surface area contributed by atoms with Gasteiger partial charge in [-0.25, -0.2) is 4.98 Å². The van der Waals surface area contributed by atoms with Crippen LogP contribution in [0.5, 0.6) is 0 Å². The van der Waals surface area contributed by atoms with Crippen LogP contribution in [0.25, 0.3) is 0 Å². The standard InChI is InChI=1S/C13H11N3O/c1-16-8-12(15-9-16)13(17)11(7-14)10-5-3-2-4-6-10/h2-6,8-9,11H,1H3. The average Bonchev–Trinajstić information content (AvgIpc) is 2.78. The van der Waals surface area contributed by atoms with Gasteiger partial charge in [-0.1, -0.05) is 30.3 Å². The Kier molecular flexibility index (Phi) is 3.01.